The third-order valence-electron chi connectivity index (χ3n) is 3.18. The van der Waals surface area contributed by atoms with Crippen LogP contribution in [0.3, 0.4) is 0 Å². The minimum atomic E-state index is -1.44. The first-order valence-electron chi connectivity index (χ1n) is 5.95. The maximum absolute atomic E-state index is 11.6. The second-order valence-electron chi connectivity index (χ2n) is 4.64. The van der Waals surface area contributed by atoms with Crippen molar-refractivity contribution in [1.82, 2.24) is 5.32 Å². The number of rotatable bonds is 3. The van der Waals surface area contributed by atoms with Gasteiger partial charge in [-0.3, -0.25) is 4.79 Å². The molecule has 2 aromatic carbocycles. The van der Waals surface area contributed by atoms with E-state index in [0.29, 0.717) is 5.56 Å². The van der Waals surface area contributed by atoms with Gasteiger partial charge in [-0.05, 0) is 23.3 Å². The van der Waals surface area contributed by atoms with E-state index < -0.39 is 11.5 Å². The Morgan fingerprint density at radius 3 is 2.37 bits per heavy atom. The minimum Gasteiger partial charge on any atom is -0.479 e. The van der Waals surface area contributed by atoms with Crippen LogP contribution in [0.15, 0.2) is 42.5 Å². The zero-order valence-electron chi connectivity index (χ0n) is 10.8. The molecule has 0 saturated carbocycles. The highest BCUT2D eigenvalue weighted by atomic mass is 16.4. The molecular formula is C15H15NO3. The molecule has 4 heteroatoms. The number of benzene rings is 2. The summed E-state index contributed by atoms with van der Waals surface area (Å²) in [5, 5.41) is 13.8. The molecule has 0 radical (unpaired) electrons. The predicted octanol–water partition coefficient (Wildman–Crippen LogP) is 2.28. The molecule has 0 spiro atoms. The molecule has 0 aliphatic carbocycles. The molecule has 2 rings (SSSR count). The van der Waals surface area contributed by atoms with Crippen molar-refractivity contribution in [2.75, 3.05) is 0 Å². The van der Waals surface area contributed by atoms with Crippen LogP contribution < -0.4 is 5.32 Å². The van der Waals surface area contributed by atoms with Crippen molar-refractivity contribution in [1.29, 1.82) is 0 Å². The summed E-state index contributed by atoms with van der Waals surface area (Å²) in [6.07, 6.45) is 0. The maximum atomic E-state index is 11.6. The lowest BCUT2D eigenvalue weighted by Gasteiger charge is -2.27. The van der Waals surface area contributed by atoms with Gasteiger partial charge in [-0.25, -0.2) is 4.79 Å². The fraction of sp³-hybridized carbons (Fsp3) is 0.200. The second kappa shape index (κ2) is 4.72. The van der Waals surface area contributed by atoms with Gasteiger partial charge in [-0.1, -0.05) is 42.5 Å². The molecule has 0 aliphatic heterocycles. The van der Waals surface area contributed by atoms with Crippen LogP contribution in [0.4, 0.5) is 0 Å². The Hall–Kier alpha value is -2.36. The van der Waals surface area contributed by atoms with Crippen molar-refractivity contribution in [3.63, 3.8) is 0 Å². The lowest BCUT2D eigenvalue weighted by atomic mass is 9.87. The molecule has 0 fully saturated rings. The fourth-order valence-electron chi connectivity index (χ4n) is 2.25. The monoisotopic (exact) mass is 257 g/mol. The number of fused-ring (bicyclic) bond motifs is 1. The third-order valence-corrected chi connectivity index (χ3v) is 3.18. The molecular weight excluding hydrogens is 242 g/mol. The van der Waals surface area contributed by atoms with Crippen LogP contribution in [0, 0.1) is 0 Å². The Kier molecular flexibility index (Phi) is 3.25. The average Bonchev–Trinajstić information content (AvgIpc) is 2.37. The van der Waals surface area contributed by atoms with Crippen LogP contribution in [-0.2, 0) is 15.1 Å². The summed E-state index contributed by atoms with van der Waals surface area (Å²) >= 11 is 0. The van der Waals surface area contributed by atoms with Gasteiger partial charge in [0.2, 0.25) is 5.91 Å². The van der Waals surface area contributed by atoms with Gasteiger partial charge >= 0.3 is 5.97 Å². The number of hydrogen-bond donors (Lipinski definition) is 2. The number of carboxylic acids is 1. The van der Waals surface area contributed by atoms with Gasteiger partial charge in [0.05, 0.1) is 0 Å². The van der Waals surface area contributed by atoms with Crippen molar-refractivity contribution in [2.24, 2.45) is 0 Å². The van der Waals surface area contributed by atoms with E-state index >= 15 is 0 Å². The molecule has 2 N–H and O–H groups in total. The van der Waals surface area contributed by atoms with E-state index in [1.54, 1.807) is 12.1 Å². The largest absolute Gasteiger partial charge is 0.479 e. The zero-order valence-corrected chi connectivity index (χ0v) is 10.8. The van der Waals surface area contributed by atoms with Crippen molar-refractivity contribution < 1.29 is 14.7 Å². The van der Waals surface area contributed by atoms with E-state index in [-0.39, 0.29) is 5.91 Å². The second-order valence-corrected chi connectivity index (χ2v) is 4.64. The van der Waals surface area contributed by atoms with E-state index in [0.717, 1.165) is 10.8 Å². The predicted molar refractivity (Wildman–Crippen MR) is 72.8 cm³/mol. The van der Waals surface area contributed by atoms with Crippen LogP contribution in [0.1, 0.15) is 19.4 Å². The Morgan fingerprint density at radius 1 is 1.11 bits per heavy atom. The maximum Gasteiger partial charge on any atom is 0.333 e. The quantitative estimate of drug-likeness (QED) is 0.886. The van der Waals surface area contributed by atoms with Gasteiger partial charge in [0.1, 0.15) is 0 Å². The number of hydrogen-bond acceptors (Lipinski definition) is 2. The van der Waals surface area contributed by atoms with Gasteiger partial charge in [-0.15, -0.1) is 0 Å². The summed E-state index contributed by atoms with van der Waals surface area (Å²) in [5.41, 5.74) is -0.861. The molecule has 98 valence electrons. The van der Waals surface area contributed by atoms with Crippen molar-refractivity contribution in [3.05, 3.63) is 48.0 Å². The standard InChI is InChI=1S/C15H15NO3/c1-10(17)16-15(2,14(18)19)13-9-5-7-11-6-3-4-8-12(11)13/h3-9H,1-2H3,(H,16,17)(H,18,19). The Labute approximate surface area is 111 Å². The summed E-state index contributed by atoms with van der Waals surface area (Å²) in [6, 6.07) is 12.9. The molecule has 0 saturated heterocycles. The number of carboxylic acid groups (broad SMARTS) is 1. The summed E-state index contributed by atoms with van der Waals surface area (Å²) in [6.45, 7) is 2.81. The highest BCUT2D eigenvalue weighted by Gasteiger charge is 2.37. The van der Waals surface area contributed by atoms with E-state index in [1.807, 2.05) is 30.3 Å². The van der Waals surface area contributed by atoms with Gasteiger partial charge in [0.25, 0.3) is 0 Å². The third kappa shape index (κ3) is 2.29. The van der Waals surface area contributed by atoms with Crippen LogP contribution in [0.2, 0.25) is 0 Å². The molecule has 2 aromatic rings. The first-order chi connectivity index (χ1) is 8.95. The normalized spacial score (nSPS) is 13.8. The molecule has 4 nitrogen and oxygen atoms in total. The topological polar surface area (TPSA) is 66.4 Å². The Bertz CT molecular complexity index is 645. The fourth-order valence-corrected chi connectivity index (χ4v) is 2.25. The summed E-state index contributed by atoms with van der Waals surface area (Å²) < 4.78 is 0. The SMILES string of the molecule is CC(=O)NC(C)(C(=O)O)c1cccc2ccccc12. The van der Waals surface area contributed by atoms with Gasteiger partial charge in [0, 0.05) is 6.92 Å². The van der Waals surface area contributed by atoms with Gasteiger partial charge < -0.3 is 10.4 Å². The number of aliphatic carboxylic acids is 1. The van der Waals surface area contributed by atoms with Crippen molar-refractivity contribution in [2.45, 2.75) is 19.4 Å². The van der Waals surface area contributed by atoms with Crippen molar-refractivity contribution in [3.8, 4) is 0 Å². The minimum absolute atomic E-state index is 0.377. The summed E-state index contributed by atoms with van der Waals surface area (Å²) in [7, 11) is 0. The lowest BCUT2D eigenvalue weighted by molar-refractivity contribution is -0.147. The summed E-state index contributed by atoms with van der Waals surface area (Å²) in [4.78, 5) is 22.9. The molecule has 0 aromatic heterocycles. The Balaban J connectivity index is 2.69. The van der Waals surface area contributed by atoms with Gasteiger partial charge in [0.15, 0.2) is 5.54 Å². The number of carbonyl (C=O) groups excluding carboxylic acids is 1. The van der Waals surface area contributed by atoms with Crippen LogP contribution in [0.25, 0.3) is 10.8 Å². The zero-order chi connectivity index (χ0) is 14.0. The molecule has 0 aliphatic rings. The molecule has 1 atom stereocenters. The van der Waals surface area contributed by atoms with Gasteiger partial charge in [-0.2, -0.15) is 0 Å². The summed E-state index contributed by atoms with van der Waals surface area (Å²) in [5.74, 6) is -1.46. The highest BCUT2D eigenvalue weighted by molar-refractivity contribution is 5.94. The van der Waals surface area contributed by atoms with Crippen LogP contribution in [-0.4, -0.2) is 17.0 Å². The first kappa shape index (κ1) is 13.1. The highest BCUT2D eigenvalue weighted by Crippen LogP contribution is 2.29. The molecule has 1 unspecified atom stereocenters. The smallest absolute Gasteiger partial charge is 0.333 e. The van der Waals surface area contributed by atoms with Crippen molar-refractivity contribution >= 4 is 22.6 Å². The Morgan fingerprint density at radius 2 is 1.74 bits per heavy atom. The lowest BCUT2D eigenvalue weighted by Crippen LogP contribution is -2.48. The van der Waals surface area contributed by atoms with E-state index in [2.05, 4.69) is 5.32 Å². The van der Waals surface area contributed by atoms with E-state index in [4.69, 9.17) is 0 Å². The molecule has 19 heavy (non-hydrogen) atoms. The molecule has 1 amide bonds. The number of nitrogens with one attached hydrogen (secondary N) is 1. The van der Waals surface area contributed by atoms with Crippen LogP contribution in [0.5, 0.6) is 0 Å². The first-order valence-corrected chi connectivity index (χ1v) is 5.95. The number of amides is 1. The van der Waals surface area contributed by atoms with Crippen LogP contribution >= 0.6 is 0 Å². The number of carbonyl (C=O) groups is 2. The molecule has 0 bridgehead atoms. The average molecular weight is 257 g/mol. The molecule has 0 heterocycles. The van der Waals surface area contributed by atoms with E-state index in [1.165, 1.54) is 13.8 Å². The van der Waals surface area contributed by atoms with E-state index in [9.17, 15) is 14.7 Å².